The molecule has 2 N–H and O–H groups in total. The summed E-state index contributed by atoms with van der Waals surface area (Å²) >= 11 is 0. The summed E-state index contributed by atoms with van der Waals surface area (Å²) in [5.74, 6) is 1.51. The number of piperidine rings is 1. The molecule has 3 unspecified atom stereocenters. The summed E-state index contributed by atoms with van der Waals surface area (Å²) in [4.78, 5) is 7.17. The van der Waals surface area contributed by atoms with Crippen LogP contribution in [-0.2, 0) is 0 Å². The van der Waals surface area contributed by atoms with Crippen LogP contribution in [0.25, 0.3) is 0 Å². The topological polar surface area (TPSA) is 41.6 Å². The van der Waals surface area contributed by atoms with E-state index in [1.54, 1.807) is 0 Å². The molecule has 3 atom stereocenters. The lowest BCUT2D eigenvalue weighted by molar-refractivity contribution is 0.168. The number of fused-ring (bicyclic) bond motifs is 2. The zero-order valence-corrected chi connectivity index (χ0v) is 9.40. The number of hydrogen-bond donors (Lipinski definition) is 1. The highest BCUT2D eigenvalue weighted by Gasteiger charge is 2.47. The Morgan fingerprint density at radius 3 is 2.64 bits per heavy atom. The molecule has 14 heavy (non-hydrogen) atoms. The molecule has 0 aromatic heterocycles. The normalized spacial score (nSPS) is 38.6. The molecule has 2 bridgehead atoms. The molecule has 0 radical (unpaired) electrons. The van der Waals surface area contributed by atoms with Crippen molar-refractivity contribution >= 4 is 5.84 Å². The fourth-order valence-corrected chi connectivity index (χ4v) is 3.03. The third-order valence-corrected chi connectivity index (χ3v) is 3.60. The summed E-state index contributed by atoms with van der Waals surface area (Å²) < 4.78 is 0. The molecule has 3 nitrogen and oxygen atoms in total. The summed E-state index contributed by atoms with van der Waals surface area (Å²) in [6.07, 6.45) is 2.65. The number of nitrogens with two attached hydrogens (primary N) is 1. The molecule has 0 aromatic rings. The van der Waals surface area contributed by atoms with E-state index in [1.807, 2.05) is 6.92 Å². The minimum atomic E-state index is 0.488. The van der Waals surface area contributed by atoms with Crippen LogP contribution in [0.2, 0.25) is 0 Å². The van der Waals surface area contributed by atoms with Crippen molar-refractivity contribution in [3.63, 3.8) is 0 Å². The van der Waals surface area contributed by atoms with E-state index >= 15 is 0 Å². The molecule has 1 aliphatic heterocycles. The summed E-state index contributed by atoms with van der Waals surface area (Å²) in [5, 5.41) is 0. The van der Waals surface area contributed by atoms with E-state index in [0.717, 1.165) is 11.8 Å². The van der Waals surface area contributed by atoms with Crippen LogP contribution < -0.4 is 5.73 Å². The monoisotopic (exact) mass is 195 g/mol. The van der Waals surface area contributed by atoms with E-state index in [0.29, 0.717) is 18.1 Å². The second kappa shape index (κ2) is 3.54. The van der Waals surface area contributed by atoms with Crippen molar-refractivity contribution < 1.29 is 0 Å². The van der Waals surface area contributed by atoms with Crippen molar-refractivity contribution in [1.82, 2.24) is 4.90 Å². The van der Waals surface area contributed by atoms with Crippen LogP contribution >= 0.6 is 0 Å². The highest BCUT2D eigenvalue weighted by atomic mass is 15.3. The van der Waals surface area contributed by atoms with Gasteiger partial charge in [0.1, 0.15) is 0 Å². The molecular formula is C11H21N3. The standard InChI is InChI=1S/C11H21N3/c1-7(2)14-6-9-4-5-10(14)11(9)13-8(3)12/h7,9-11H,4-6H2,1-3H3,(H2,12,13). The Bertz CT molecular complexity index is 243. The maximum Gasteiger partial charge on any atom is 0.0909 e. The second-order valence-corrected chi connectivity index (χ2v) is 4.96. The van der Waals surface area contributed by atoms with Crippen molar-refractivity contribution in [1.29, 1.82) is 0 Å². The van der Waals surface area contributed by atoms with Gasteiger partial charge in [-0.25, -0.2) is 0 Å². The number of amidine groups is 1. The molecule has 80 valence electrons. The first-order chi connectivity index (χ1) is 6.59. The van der Waals surface area contributed by atoms with Crippen molar-refractivity contribution in [3.05, 3.63) is 0 Å². The van der Waals surface area contributed by atoms with Gasteiger partial charge in [-0.2, -0.15) is 0 Å². The smallest absolute Gasteiger partial charge is 0.0909 e. The van der Waals surface area contributed by atoms with Gasteiger partial charge in [0, 0.05) is 18.6 Å². The minimum absolute atomic E-state index is 0.488. The Balaban J connectivity index is 2.12. The van der Waals surface area contributed by atoms with Gasteiger partial charge in [-0.15, -0.1) is 0 Å². The molecule has 0 aromatic carbocycles. The van der Waals surface area contributed by atoms with Crippen LogP contribution in [0.3, 0.4) is 0 Å². The van der Waals surface area contributed by atoms with E-state index in [1.165, 1.54) is 19.4 Å². The second-order valence-electron chi connectivity index (χ2n) is 4.96. The van der Waals surface area contributed by atoms with E-state index in [4.69, 9.17) is 5.73 Å². The van der Waals surface area contributed by atoms with Gasteiger partial charge in [0.25, 0.3) is 0 Å². The van der Waals surface area contributed by atoms with Crippen molar-refractivity contribution in [2.45, 2.75) is 51.7 Å². The number of aliphatic imine (C=N–C) groups is 1. The molecule has 2 rings (SSSR count). The fraction of sp³-hybridized carbons (Fsp3) is 0.909. The Morgan fingerprint density at radius 2 is 2.14 bits per heavy atom. The van der Waals surface area contributed by atoms with Crippen LogP contribution in [0.5, 0.6) is 0 Å². The molecule has 1 aliphatic carbocycles. The quantitative estimate of drug-likeness (QED) is 0.532. The third kappa shape index (κ3) is 1.54. The molecule has 0 amide bonds. The highest BCUT2D eigenvalue weighted by Crippen LogP contribution is 2.40. The first-order valence-corrected chi connectivity index (χ1v) is 5.65. The third-order valence-electron chi connectivity index (χ3n) is 3.60. The SMILES string of the molecule is CC(N)=NC1C2CCC1N(C(C)C)C2. The molecule has 0 spiro atoms. The number of hydrogen-bond acceptors (Lipinski definition) is 2. The average Bonchev–Trinajstić information content (AvgIpc) is 2.61. The van der Waals surface area contributed by atoms with Crippen LogP contribution in [-0.4, -0.2) is 35.4 Å². The highest BCUT2D eigenvalue weighted by molar-refractivity contribution is 5.77. The van der Waals surface area contributed by atoms with Gasteiger partial charge in [-0.1, -0.05) is 0 Å². The summed E-state index contributed by atoms with van der Waals surface area (Å²) in [6.45, 7) is 7.68. The predicted octanol–water partition coefficient (Wildman–Crippen LogP) is 1.23. The van der Waals surface area contributed by atoms with Crippen molar-refractivity contribution in [3.8, 4) is 0 Å². The molecule has 1 heterocycles. The van der Waals surface area contributed by atoms with E-state index < -0.39 is 0 Å². The summed E-state index contributed by atoms with van der Waals surface area (Å²) in [7, 11) is 0. The minimum Gasteiger partial charge on any atom is -0.388 e. The molecular weight excluding hydrogens is 174 g/mol. The number of likely N-dealkylation sites (tertiary alicyclic amines) is 1. The van der Waals surface area contributed by atoms with E-state index in [2.05, 4.69) is 23.7 Å². The van der Waals surface area contributed by atoms with Gasteiger partial charge in [0.05, 0.1) is 11.9 Å². The lowest BCUT2D eigenvalue weighted by Crippen LogP contribution is -2.39. The molecule has 3 heteroatoms. The van der Waals surface area contributed by atoms with Gasteiger partial charge >= 0.3 is 0 Å². The Hall–Kier alpha value is -0.570. The summed E-state index contributed by atoms with van der Waals surface area (Å²) in [6, 6.07) is 1.81. The van der Waals surface area contributed by atoms with Gasteiger partial charge < -0.3 is 5.73 Å². The largest absolute Gasteiger partial charge is 0.388 e. The molecule has 1 saturated heterocycles. The summed E-state index contributed by atoms with van der Waals surface area (Å²) in [5.41, 5.74) is 5.68. The zero-order valence-electron chi connectivity index (χ0n) is 9.40. The van der Waals surface area contributed by atoms with Crippen molar-refractivity contribution in [2.24, 2.45) is 16.6 Å². The van der Waals surface area contributed by atoms with Crippen LogP contribution in [0, 0.1) is 5.92 Å². The van der Waals surface area contributed by atoms with E-state index in [-0.39, 0.29) is 0 Å². The first-order valence-electron chi connectivity index (χ1n) is 5.65. The number of nitrogens with zero attached hydrogens (tertiary/aromatic N) is 2. The van der Waals surface area contributed by atoms with E-state index in [9.17, 15) is 0 Å². The van der Waals surface area contributed by atoms with Crippen LogP contribution in [0.1, 0.15) is 33.6 Å². The van der Waals surface area contributed by atoms with Crippen LogP contribution in [0.15, 0.2) is 4.99 Å². The average molecular weight is 195 g/mol. The van der Waals surface area contributed by atoms with Gasteiger partial charge in [0.15, 0.2) is 0 Å². The molecule has 1 saturated carbocycles. The Kier molecular flexibility index (Phi) is 2.52. The molecule has 2 aliphatic rings. The zero-order chi connectivity index (χ0) is 10.3. The van der Waals surface area contributed by atoms with Gasteiger partial charge in [-0.3, -0.25) is 9.89 Å². The molecule has 2 fully saturated rings. The van der Waals surface area contributed by atoms with Gasteiger partial charge in [-0.05, 0) is 39.5 Å². The number of rotatable bonds is 2. The Morgan fingerprint density at radius 1 is 1.43 bits per heavy atom. The fourth-order valence-electron chi connectivity index (χ4n) is 3.03. The lowest BCUT2D eigenvalue weighted by atomic mass is 10.1. The Labute approximate surface area is 86.4 Å². The predicted molar refractivity (Wildman–Crippen MR) is 59.4 cm³/mol. The maximum atomic E-state index is 5.68. The lowest BCUT2D eigenvalue weighted by Gasteiger charge is -2.30. The first kappa shape index (κ1) is 9.97. The maximum absolute atomic E-state index is 5.68. The van der Waals surface area contributed by atoms with Crippen molar-refractivity contribution in [2.75, 3.05) is 6.54 Å². The van der Waals surface area contributed by atoms with Crippen LogP contribution in [0.4, 0.5) is 0 Å². The van der Waals surface area contributed by atoms with Gasteiger partial charge in [0.2, 0.25) is 0 Å².